The first kappa shape index (κ1) is 13.2. The minimum Gasteiger partial charge on any atom is -0.480 e. The minimum absolute atomic E-state index is 0.222. The lowest BCUT2D eigenvalue weighted by atomic mass is 9.96. The standard InChI is InChI=1S/C15H16N2O2/c1-10-5-2-3-6-11(10)12-7-4-8-17-14(12)9-13(16)15(18)19/h2-8,13H,9,16H2,1H3,(H,18,19)/t13-/m0/s1. The molecule has 3 N–H and O–H groups in total. The van der Waals surface area contributed by atoms with Gasteiger partial charge in [0.05, 0.1) is 5.69 Å². The first-order chi connectivity index (χ1) is 9.09. The van der Waals surface area contributed by atoms with Crippen LogP contribution in [0.15, 0.2) is 42.6 Å². The molecule has 0 aliphatic carbocycles. The van der Waals surface area contributed by atoms with Crippen LogP contribution in [0.3, 0.4) is 0 Å². The Labute approximate surface area is 111 Å². The van der Waals surface area contributed by atoms with Crippen LogP contribution in [0.2, 0.25) is 0 Å². The molecule has 0 radical (unpaired) electrons. The van der Waals surface area contributed by atoms with E-state index in [1.807, 2.05) is 43.3 Å². The van der Waals surface area contributed by atoms with Crippen LogP contribution in [-0.2, 0) is 11.2 Å². The monoisotopic (exact) mass is 256 g/mol. The Hall–Kier alpha value is -2.20. The second-order valence-electron chi connectivity index (χ2n) is 4.46. The summed E-state index contributed by atoms with van der Waals surface area (Å²) in [7, 11) is 0. The summed E-state index contributed by atoms with van der Waals surface area (Å²) >= 11 is 0. The largest absolute Gasteiger partial charge is 0.480 e. The molecule has 1 aromatic carbocycles. The number of carboxylic acid groups (broad SMARTS) is 1. The molecular formula is C15H16N2O2. The second-order valence-corrected chi connectivity index (χ2v) is 4.46. The van der Waals surface area contributed by atoms with Crippen molar-refractivity contribution in [2.24, 2.45) is 5.73 Å². The minimum atomic E-state index is -1.01. The number of hydrogen-bond acceptors (Lipinski definition) is 3. The normalized spacial score (nSPS) is 12.1. The Morgan fingerprint density at radius 2 is 1.95 bits per heavy atom. The van der Waals surface area contributed by atoms with E-state index in [1.54, 1.807) is 6.20 Å². The number of aryl methyl sites for hydroxylation is 1. The number of aromatic nitrogens is 1. The van der Waals surface area contributed by atoms with Gasteiger partial charge in [0, 0.05) is 18.2 Å². The summed E-state index contributed by atoms with van der Waals surface area (Å²) in [5.74, 6) is -1.01. The highest BCUT2D eigenvalue weighted by Gasteiger charge is 2.16. The van der Waals surface area contributed by atoms with E-state index in [2.05, 4.69) is 4.98 Å². The van der Waals surface area contributed by atoms with Crippen LogP contribution in [0.25, 0.3) is 11.1 Å². The third-order valence-corrected chi connectivity index (χ3v) is 3.06. The molecule has 4 heteroatoms. The number of nitrogens with zero attached hydrogens (tertiary/aromatic N) is 1. The fraction of sp³-hybridized carbons (Fsp3) is 0.200. The average Bonchev–Trinajstić information content (AvgIpc) is 2.40. The Bertz CT molecular complexity index is 596. The maximum absolute atomic E-state index is 10.9. The van der Waals surface area contributed by atoms with Gasteiger partial charge in [-0.25, -0.2) is 0 Å². The Balaban J connectivity index is 2.42. The molecule has 1 atom stereocenters. The highest BCUT2D eigenvalue weighted by molar-refractivity contribution is 5.75. The molecule has 0 unspecified atom stereocenters. The lowest BCUT2D eigenvalue weighted by molar-refractivity contribution is -0.138. The van der Waals surface area contributed by atoms with Gasteiger partial charge in [-0.1, -0.05) is 30.3 Å². The fourth-order valence-corrected chi connectivity index (χ4v) is 2.02. The van der Waals surface area contributed by atoms with Crippen molar-refractivity contribution in [1.82, 2.24) is 4.98 Å². The van der Waals surface area contributed by atoms with E-state index in [4.69, 9.17) is 10.8 Å². The van der Waals surface area contributed by atoms with Crippen LogP contribution in [0.5, 0.6) is 0 Å². The van der Waals surface area contributed by atoms with Crippen LogP contribution < -0.4 is 5.73 Å². The zero-order valence-electron chi connectivity index (χ0n) is 10.7. The van der Waals surface area contributed by atoms with Gasteiger partial charge in [-0.15, -0.1) is 0 Å². The van der Waals surface area contributed by atoms with Crippen molar-refractivity contribution >= 4 is 5.97 Å². The van der Waals surface area contributed by atoms with E-state index in [9.17, 15) is 4.79 Å². The van der Waals surface area contributed by atoms with Crippen LogP contribution in [0, 0.1) is 6.92 Å². The second kappa shape index (κ2) is 5.63. The lowest BCUT2D eigenvalue weighted by Gasteiger charge is -2.12. The summed E-state index contributed by atoms with van der Waals surface area (Å²) in [6.07, 6.45) is 1.88. The van der Waals surface area contributed by atoms with Crippen LogP contribution in [-0.4, -0.2) is 22.1 Å². The Morgan fingerprint density at radius 3 is 2.63 bits per heavy atom. The van der Waals surface area contributed by atoms with Gasteiger partial charge in [-0.3, -0.25) is 9.78 Å². The SMILES string of the molecule is Cc1ccccc1-c1cccnc1C[C@H](N)C(=O)O. The predicted octanol–water partition coefficient (Wildman–Crippen LogP) is 2.01. The summed E-state index contributed by atoms with van der Waals surface area (Å²) in [5.41, 5.74) is 9.43. The lowest BCUT2D eigenvalue weighted by Crippen LogP contribution is -2.32. The maximum Gasteiger partial charge on any atom is 0.320 e. The van der Waals surface area contributed by atoms with E-state index in [0.717, 1.165) is 16.7 Å². The molecule has 0 spiro atoms. The van der Waals surface area contributed by atoms with Crippen molar-refractivity contribution in [3.8, 4) is 11.1 Å². The van der Waals surface area contributed by atoms with E-state index in [0.29, 0.717) is 5.69 Å². The first-order valence-corrected chi connectivity index (χ1v) is 6.08. The summed E-state index contributed by atoms with van der Waals surface area (Å²) < 4.78 is 0. The topological polar surface area (TPSA) is 76.2 Å². The number of hydrogen-bond donors (Lipinski definition) is 2. The number of rotatable bonds is 4. The highest BCUT2D eigenvalue weighted by atomic mass is 16.4. The van der Waals surface area contributed by atoms with Crippen LogP contribution in [0.1, 0.15) is 11.3 Å². The van der Waals surface area contributed by atoms with Crippen LogP contribution >= 0.6 is 0 Å². The molecule has 19 heavy (non-hydrogen) atoms. The number of nitrogens with two attached hydrogens (primary N) is 1. The molecule has 0 aliphatic rings. The summed E-state index contributed by atoms with van der Waals surface area (Å²) in [6.45, 7) is 2.02. The molecule has 2 aromatic rings. The third kappa shape index (κ3) is 2.98. The van der Waals surface area contributed by atoms with Gasteiger partial charge in [0.1, 0.15) is 6.04 Å². The molecular weight excluding hydrogens is 240 g/mol. The predicted molar refractivity (Wildman–Crippen MR) is 73.7 cm³/mol. The molecule has 98 valence electrons. The molecule has 0 aliphatic heterocycles. The van der Waals surface area contributed by atoms with Crippen molar-refractivity contribution in [2.75, 3.05) is 0 Å². The molecule has 0 saturated carbocycles. The molecule has 2 rings (SSSR count). The zero-order chi connectivity index (χ0) is 13.8. The fourth-order valence-electron chi connectivity index (χ4n) is 2.02. The summed E-state index contributed by atoms with van der Waals surface area (Å²) in [6, 6.07) is 10.8. The molecule has 0 fully saturated rings. The molecule has 4 nitrogen and oxygen atoms in total. The van der Waals surface area contributed by atoms with Gasteiger partial charge in [0.25, 0.3) is 0 Å². The van der Waals surface area contributed by atoms with E-state index >= 15 is 0 Å². The number of carbonyl (C=O) groups is 1. The maximum atomic E-state index is 10.9. The van der Waals surface area contributed by atoms with Gasteiger partial charge >= 0.3 is 5.97 Å². The average molecular weight is 256 g/mol. The Kier molecular flexibility index (Phi) is 3.92. The van der Waals surface area contributed by atoms with Gasteiger partial charge in [0.15, 0.2) is 0 Å². The zero-order valence-corrected chi connectivity index (χ0v) is 10.7. The third-order valence-electron chi connectivity index (χ3n) is 3.06. The molecule has 0 saturated heterocycles. The summed E-state index contributed by atoms with van der Waals surface area (Å²) in [5, 5.41) is 8.91. The van der Waals surface area contributed by atoms with Crippen molar-refractivity contribution in [3.05, 3.63) is 53.9 Å². The molecule has 0 bridgehead atoms. The Morgan fingerprint density at radius 1 is 1.26 bits per heavy atom. The number of pyridine rings is 1. The van der Waals surface area contributed by atoms with Gasteiger partial charge in [-0.2, -0.15) is 0 Å². The van der Waals surface area contributed by atoms with E-state index < -0.39 is 12.0 Å². The quantitative estimate of drug-likeness (QED) is 0.877. The number of aliphatic carboxylic acids is 1. The molecule has 1 aromatic heterocycles. The van der Waals surface area contributed by atoms with Gasteiger partial charge in [0.2, 0.25) is 0 Å². The molecule has 1 heterocycles. The first-order valence-electron chi connectivity index (χ1n) is 6.08. The van der Waals surface area contributed by atoms with Crippen molar-refractivity contribution < 1.29 is 9.90 Å². The summed E-state index contributed by atoms with van der Waals surface area (Å²) in [4.78, 5) is 15.1. The van der Waals surface area contributed by atoms with E-state index in [-0.39, 0.29) is 6.42 Å². The molecule has 0 amide bonds. The van der Waals surface area contributed by atoms with Crippen molar-refractivity contribution in [2.45, 2.75) is 19.4 Å². The van der Waals surface area contributed by atoms with E-state index in [1.165, 1.54) is 0 Å². The number of carboxylic acids is 1. The number of benzene rings is 1. The smallest absolute Gasteiger partial charge is 0.320 e. The van der Waals surface area contributed by atoms with Gasteiger partial charge < -0.3 is 10.8 Å². The van der Waals surface area contributed by atoms with Crippen molar-refractivity contribution in [1.29, 1.82) is 0 Å². The highest BCUT2D eigenvalue weighted by Crippen LogP contribution is 2.26. The van der Waals surface area contributed by atoms with Crippen molar-refractivity contribution in [3.63, 3.8) is 0 Å². The van der Waals surface area contributed by atoms with Gasteiger partial charge in [-0.05, 0) is 24.1 Å². The van der Waals surface area contributed by atoms with Crippen LogP contribution in [0.4, 0.5) is 0 Å².